The maximum atomic E-state index is 12.9. The van der Waals surface area contributed by atoms with Crippen LogP contribution in [0.5, 0.6) is 5.88 Å². The monoisotopic (exact) mass is 385 g/mol. The van der Waals surface area contributed by atoms with Crippen molar-refractivity contribution >= 4 is 17.2 Å². The third-order valence-electron chi connectivity index (χ3n) is 4.25. The Morgan fingerprint density at radius 2 is 2.00 bits per heavy atom. The highest BCUT2D eigenvalue weighted by molar-refractivity contribution is 7.15. The van der Waals surface area contributed by atoms with E-state index in [4.69, 9.17) is 9.47 Å². The fraction of sp³-hybridized carbons (Fsp3) is 0.300. The van der Waals surface area contributed by atoms with E-state index in [0.717, 1.165) is 21.0 Å². The van der Waals surface area contributed by atoms with Gasteiger partial charge in [0.25, 0.3) is 5.91 Å². The molecule has 7 heteroatoms. The molecule has 3 aromatic rings. The van der Waals surface area contributed by atoms with Crippen molar-refractivity contribution < 1.29 is 14.3 Å². The fourth-order valence-corrected chi connectivity index (χ4v) is 3.82. The van der Waals surface area contributed by atoms with Crippen molar-refractivity contribution in [2.45, 2.75) is 20.4 Å². The highest BCUT2D eigenvalue weighted by atomic mass is 32.1. The standard InChI is InChI=1S/C20H23N3O3S/c1-14-15(2)27-20(23-9-4-5-10-23)17(14)18(24)22-13-16-7-6-8-21-19(16)26-12-11-25-3/h4-10H,11-13H2,1-3H3,(H,22,24). The average molecular weight is 385 g/mol. The molecule has 27 heavy (non-hydrogen) atoms. The first-order valence-electron chi connectivity index (χ1n) is 8.69. The molecule has 0 spiro atoms. The van der Waals surface area contributed by atoms with E-state index < -0.39 is 0 Å². The number of ether oxygens (including phenoxy) is 2. The van der Waals surface area contributed by atoms with Crippen LogP contribution in [0.1, 0.15) is 26.4 Å². The van der Waals surface area contributed by atoms with Gasteiger partial charge < -0.3 is 19.4 Å². The molecule has 0 saturated heterocycles. The number of nitrogens with one attached hydrogen (secondary N) is 1. The van der Waals surface area contributed by atoms with Gasteiger partial charge in [-0.2, -0.15) is 0 Å². The molecular formula is C20H23N3O3S. The average Bonchev–Trinajstić information content (AvgIpc) is 3.30. The molecule has 0 fully saturated rings. The second kappa shape index (κ2) is 8.83. The minimum atomic E-state index is -0.104. The summed E-state index contributed by atoms with van der Waals surface area (Å²) < 4.78 is 12.6. The molecule has 3 heterocycles. The summed E-state index contributed by atoms with van der Waals surface area (Å²) in [6.07, 6.45) is 5.57. The number of nitrogens with zero attached hydrogens (tertiary/aromatic N) is 2. The number of amides is 1. The van der Waals surface area contributed by atoms with Crippen LogP contribution in [0.4, 0.5) is 0 Å². The first kappa shape index (κ1) is 19.1. The lowest BCUT2D eigenvalue weighted by Crippen LogP contribution is -2.24. The smallest absolute Gasteiger partial charge is 0.254 e. The van der Waals surface area contributed by atoms with Crippen molar-refractivity contribution in [1.29, 1.82) is 0 Å². The number of carbonyl (C=O) groups excluding carboxylic acids is 1. The molecule has 0 aromatic carbocycles. The van der Waals surface area contributed by atoms with E-state index in [1.54, 1.807) is 24.6 Å². The van der Waals surface area contributed by atoms with Gasteiger partial charge in [-0.1, -0.05) is 6.07 Å². The molecule has 0 saturated carbocycles. The zero-order valence-corrected chi connectivity index (χ0v) is 16.5. The second-order valence-corrected chi connectivity index (χ2v) is 7.25. The molecule has 0 bridgehead atoms. The number of methoxy groups -OCH3 is 1. The zero-order chi connectivity index (χ0) is 19.2. The Labute approximate surface area is 162 Å². The Kier molecular flexibility index (Phi) is 6.26. The summed E-state index contributed by atoms with van der Waals surface area (Å²) in [5, 5.41) is 3.93. The summed E-state index contributed by atoms with van der Waals surface area (Å²) in [5.41, 5.74) is 2.54. The van der Waals surface area contributed by atoms with Gasteiger partial charge in [0.15, 0.2) is 0 Å². The third-order valence-corrected chi connectivity index (χ3v) is 5.47. The normalized spacial score (nSPS) is 10.8. The van der Waals surface area contributed by atoms with Crippen LogP contribution < -0.4 is 10.1 Å². The number of pyridine rings is 1. The highest BCUT2D eigenvalue weighted by Gasteiger charge is 2.20. The van der Waals surface area contributed by atoms with Crippen LogP contribution in [0.2, 0.25) is 0 Å². The lowest BCUT2D eigenvalue weighted by Gasteiger charge is -2.12. The number of thiophene rings is 1. The predicted molar refractivity (Wildman–Crippen MR) is 106 cm³/mol. The van der Waals surface area contributed by atoms with Crippen molar-refractivity contribution in [3.63, 3.8) is 0 Å². The van der Waals surface area contributed by atoms with Crippen LogP contribution in [0, 0.1) is 13.8 Å². The highest BCUT2D eigenvalue weighted by Crippen LogP contribution is 2.31. The lowest BCUT2D eigenvalue weighted by atomic mass is 10.1. The van der Waals surface area contributed by atoms with E-state index in [0.29, 0.717) is 31.2 Å². The summed E-state index contributed by atoms with van der Waals surface area (Å²) in [4.78, 5) is 18.3. The van der Waals surface area contributed by atoms with E-state index in [1.165, 1.54) is 0 Å². The molecular weight excluding hydrogens is 362 g/mol. The Bertz CT molecular complexity index is 903. The minimum absolute atomic E-state index is 0.104. The maximum absolute atomic E-state index is 12.9. The van der Waals surface area contributed by atoms with E-state index in [1.807, 2.05) is 55.1 Å². The fourth-order valence-electron chi connectivity index (χ4n) is 2.70. The second-order valence-electron chi connectivity index (χ2n) is 6.05. The van der Waals surface area contributed by atoms with Crippen molar-refractivity contribution in [3.8, 4) is 10.9 Å². The molecule has 0 aliphatic rings. The van der Waals surface area contributed by atoms with Gasteiger partial charge in [-0.3, -0.25) is 4.79 Å². The van der Waals surface area contributed by atoms with E-state index in [2.05, 4.69) is 10.3 Å². The van der Waals surface area contributed by atoms with E-state index in [-0.39, 0.29) is 5.91 Å². The summed E-state index contributed by atoms with van der Waals surface area (Å²) in [6, 6.07) is 7.63. The molecule has 1 N–H and O–H groups in total. The maximum Gasteiger partial charge on any atom is 0.254 e. The summed E-state index contributed by atoms with van der Waals surface area (Å²) in [6.45, 7) is 5.25. The van der Waals surface area contributed by atoms with Gasteiger partial charge in [-0.25, -0.2) is 4.98 Å². The van der Waals surface area contributed by atoms with Gasteiger partial charge in [0, 0.05) is 42.7 Å². The minimum Gasteiger partial charge on any atom is -0.475 e. The molecule has 142 valence electrons. The summed E-state index contributed by atoms with van der Waals surface area (Å²) >= 11 is 1.62. The first-order valence-corrected chi connectivity index (χ1v) is 9.50. The number of carbonyl (C=O) groups is 1. The number of aryl methyl sites for hydroxylation is 1. The van der Waals surface area contributed by atoms with Gasteiger partial charge in [-0.05, 0) is 37.6 Å². The molecule has 0 atom stereocenters. The summed E-state index contributed by atoms with van der Waals surface area (Å²) in [5.74, 6) is 0.408. The Morgan fingerprint density at radius 3 is 2.74 bits per heavy atom. The number of rotatable bonds is 8. The Balaban J connectivity index is 1.76. The van der Waals surface area contributed by atoms with Crippen LogP contribution in [0.3, 0.4) is 0 Å². The van der Waals surface area contributed by atoms with Crippen LogP contribution in [0.25, 0.3) is 5.00 Å². The van der Waals surface area contributed by atoms with Gasteiger partial charge in [-0.15, -0.1) is 11.3 Å². The quantitative estimate of drug-likeness (QED) is 0.603. The Morgan fingerprint density at radius 1 is 1.22 bits per heavy atom. The SMILES string of the molecule is COCCOc1ncccc1CNC(=O)c1c(-n2cccc2)sc(C)c1C. The predicted octanol–water partition coefficient (Wildman–Crippen LogP) is 3.51. The van der Waals surface area contributed by atoms with Crippen molar-refractivity contribution in [2.24, 2.45) is 0 Å². The number of aromatic nitrogens is 2. The van der Waals surface area contributed by atoms with Crippen molar-refractivity contribution in [1.82, 2.24) is 14.9 Å². The van der Waals surface area contributed by atoms with Crippen LogP contribution >= 0.6 is 11.3 Å². The molecule has 0 radical (unpaired) electrons. The zero-order valence-electron chi connectivity index (χ0n) is 15.7. The van der Waals surface area contributed by atoms with E-state index in [9.17, 15) is 4.79 Å². The molecule has 0 aliphatic heterocycles. The molecule has 0 aliphatic carbocycles. The van der Waals surface area contributed by atoms with Crippen LogP contribution in [-0.2, 0) is 11.3 Å². The third kappa shape index (κ3) is 4.37. The van der Waals surface area contributed by atoms with Crippen molar-refractivity contribution in [3.05, 3.63) is 64.4 Å². The topological polar surface area (TPSA) is 65.4 Å². The largest absolute Gasteiger partial charge is 0.475 e. The molecule has 6 nitrogen and oxygen atoms in total. The van der Waals surface area contributed by atoms with Crippen LogP contribution in [0.15, 0.2) is 42.9 Å². The summed E-state index contributed by atoms with van der Waals surface area (Å²) in [7, 11) is 1.62. The molecule has 1 amide bonds. The first-order chi connectivity index (χ1) is 13.1. The number of hydrogen-bond acceptors (Lipinski definition) is 5. The van der Waals surface area contributed by atoms with Gasteiger partial charge in [0.05, 0.1) is 12.2 Å². The molecule has 3 rings (SSSR count). The molecule has 0 unspecified atom stereocenters. The van der Waals surface area contributed by atoms with Gasteiger partial charge >= 0.3 is 0 Å². The Hall–Kier alpha value is -2.64. The van der Waals surface area contributed by atoms with Crippen LogP contribution in [-0.4, -0.2) is 35.8 Å². The van der Waals surface area contributed by atoms with Crippen molar-refractivity contribution in [2.75, 3.05) is 20.3 Å². The van der Waals surface area contributed by atoms with Gasteiger partial charge in [0.2, 0.25) is 5.88 Å². The molecule has 3 aromatic heterocycles. The lowest BCUT2D eigenvalue weighted by molar-refractivity contribution is 0.0950. The number of hydrogen-bond donors (Lipinski definition) is 1. The van der Waals surface area contributed by atoms with E-state index >= 15 is 0 Å². The van der Waals surface area contributed by atoms with Gasteiger partial charge in [0.1, 0.15) is 11.6 Å².